The minimum atomic E-state index is 0.122. The Morgan fingerprint density at radius 3 is 2.23 bits per heavy atom. The fourth-order valence-corrected chi connectivity index (χ4v) is 5.58. The van der Waals surface area contributed by atoms with Gasteiger partial charge in [-0.3, -0.25) is 9.69 Å². The average molecular weight is 488 g/mol. The maximum Gasteiger partial charge on any atom is 0.225 e. The van der Waals surface area contributed by atoms with Crippen LogP contribution in [0.25, 0.3) is 0 Å². The fraction of sp³-hybridized carbons (Fsp3) is 0.393. The first-order valence-electron chi connectivity index (χ1n) is 12.5. The molecule has 0 N–H and O–H groups in total. The number of anilines is 1. The molecule has 0 bridgehead atoms. The van der Waals surface area contributed by atoms with Crippen LogP contribution in [0.15, 0.2) is 76.7 Å². The summed E-state index contributed by atoms with van der Waals surface area (Å²) >= 11 is 1.63. The molecule has 35 heavy (non-hydrogen) atoms. The van der Waals surface area contributed by atoms with E-state index in [1.807, 2.05) is 6.07 Å². The van der Waals surface area contributed by atoms with Gasteiger partial charge in [-0.1, -0.05) is 59.8 Å². The van der Waals surface area contributed by atoms with Crippen molar-refractivity contribution in [3.05, 3.63) is 77.9 Å². The Hall–Kier alpha value is -2.90. The third-order valence-electron chi connectivity index (χ3n) is 6.97. The van der Waals surface area contributed by atoms with Crippen molar-refractivity contribution in [1.29, 1.82) is 0 Å². The third kappa shape index (κ3) is 6.21. The number of piperidine rings is 1. The van der Waals surface area contributed by atoms with Crippen LogP contribution in [-0.4, -0.2) is 65.2 Å². The number of amides is 1. The smallest absolute Gasteiger partial charge is 0.225 e. The lowest BCUT2D eigenvalue weighted by atomic mass is 9.95. The molecule has 2 saturated heterocycles. The van der Waals surface area contributed by atoms with Gasteiger partial charge in [0.2, 0.25) is 5.91 Å². The van der Waals surface area contributed by atoms with Gasteiger partial charge in [0.15, 0.2) is 5.82 Å². The molecule has 0 atom stereocenters. The van der Waals surface area contributed by atoms with E-state index in [2.05, 4.69) is 92.5 Å². The normalized spacial score (nSPS) is 17.5. The maximum absolute atomic E-state index is 13.2. The Balaban J connectivity index is 1.07. The molecule has 1 aromatic heterocycles. The predicted molar refractivity (Wildman–Crippen MR) is 141 cm³/mol. The first-order valence-corrected chi connectivity index (χ1v) is 13.3. The van der Waals surface area contributed by atoms with Gasteiger partial charge in [0.05, 0.1) is 0 Å². The molecule has 0 unspecified atom stereocenters. The van der Waals surface area contributed by atoms with Gasteiger partial charge >= 0.3 is 0 Å². The number of aryl methyl sites for hydroxylation is 1. The van der Waals surface area contributed by atoms with Crippen molar-refractivity contribution < 1.29 is 4.79 Å². The zero-order chi connectivity index (χ0) is 24.0. The zero-order valence-corrected chi connectivity index (χ0v) is 21.2. The van der Waals surface area contributed by atoms with Crippen LogP contribution < -0.4 is 4.90 Å². The molecule has 182 valence electrons. The minimum Gasteiger partial charge on any atom is -0.355 e. The van der Waals surface area contributed by atoms with Crippen LogP contribution in [0.1, 0.15) is 24.0 Å². The number of rotatable bonds is 6. The zero-order valence-electron chi connectivity index (χ0n) is 20.3. The van der Waals surface area contributed by atoms with Crippen LogP contribution >= 0.6 is 11.8 Å². The largest absolute Gasteiger partial charge is 0.355 e. The van der Waals surface area contributed by atoms with Crippen molar-refractivity contribution in [3.63, 3.8) is 0 Å². The van der Waals surface area contributed by atoms with Gasteiger partial charge < -0.3 is 9.80 Å². The van der Waals surface area contributed by atoms with Gasteiger partial charge in [0.25, 0.3) is 0 Å². The van der Waals surface area contributed by atoms with Gasteiger partial charge in [-0.2, -0.15) is 0 Å². The number of hydrogen-bond donors (Lipinski definition) is 0. The highest BCUT2D eigenvalue weighted by Crippen LogP contribution is 2.28. The molecule has 6 nitrogen and oxygen atoms in total. The molecule has 2 fully saturated rings. The summed E-state index contributed by atoms with van der Waals surface area (Å²) < 4.78 is 0. The summed E-state index contributed by atoms with van der Waals surface area (Å²) in [4.78, 5) is 21.1. The SMILES string of the molecule is Cc1ccc(Sc2ccc(N3CCC(C(=O)N4CCN(Cc5ccccc5)CC4)CC3)nn2)cc1. The average Bonchev–Trinajstić information content (AvgIpc) is 2.91. The monoisotopic (exact) mass is 487 g/mol. The Labute approximate surface area is 212 Å². The predicted octanol–water partition coefficient (Wildman–Crippen LogP) is 4.50. The van der Waals surface area contributed by atoms with E-state index < -0.39 is 0 Å². The van der Waals surface area contributed by atoms with E-state index in [4.69, 9.17) is 0 Å². The van der Waals surface area contributed by atoms with E-state index in [0.717, 1.165) is 74.4 Å². The number of carbonyl (C=O) groups excluding carboxylic acids is 1. The van der Waals surface area contributed by atoms with Crippen molar-refractivity contribution in [2.45, 2.75) is 36.2 Å². The van der Waals surface area contributed by atoms with Crippen molar-refractivity contribution >= 4 is 23.5 Å². The van der Waals surface area contributed by atoms with Crippen molar-refractivity contribution in [3.8, 4) is 0 Å². The molecule has 7 heteroatoms. The summed E-state index contributed by atoms with van der Waals surface area (Å²) in [6, 6.07) is 23.1. The molecular formula is C28H33N5OS. The Bertz CT molecular complexity index is 1090. The van der Waals surface area contributed by atoms with Crippen LogP contribution in [0.4, 0.5) is 5.82 Å². The molecule has 0 spiro atoms. The standard InChI is InChI=1S/C28H33N5OS/c1-22-7-9-25(10-8-22)35-27-12-11-26(29-30-27)32-15-13-24(14-16-32)28(34)33-19-17-31(18-20-33)21-23-5-3-2-4-6-23/h2-12,24H,13-21H2,1H3. The molecule has 5 rings (SSSR count). The Morgan fingerprint density at radius 1 is 0.857 bits per heavy atom. The van der Waals surface area contributed by atoms with Crippen LogP contribution in [0.3, 0.4) is 0 Å². The highest BCUT2D eigenvalue weighted by atomic mass is 32.2. The first kappa shape index (κ1) is 23.8. The Kier molecular flexibility index (Phi) is 7.64. The second-order valence-electron chi connectivity index (χ2n) is 9.49. The first-order chi connectivity index (χ1) is 17.1. The van der Waals surface area contributed by atoms with E-state index >= 15 is 0 Å². The molecule has 0 saturated carbocycles. The van der Waals surface area contributed by atoms with Gasteiger partial charge in [-0.15, -0.1) is 10.2 Å². The van der Waals surface area contributed by atoms with E-state index in [9.17, 15) is 4.79 Å². The second-order valence-corrected chi connectivity index (χ2v) is 10.6. The topological polar surface area (TPSA) is 52.6 Å². The molecule has 1 amide bonds. The highest BCUT2D eigenvalue weighted by molar-refractivity contribution is 7.99. The lowest BCUT2D eigenvalue weighted by Gasteiger charge is -2.38. The summed E-state index contributed by atoms with van der Waals surface area (Å²) in [5.41, 5.74) is 2.59. The third-order valence-corrected chi connectivity index (χ3v) is 7.91. The van der Waals surface area contributed by atoms with Crippen molar-refractivity contribution in [1.82, 2.24) is 20.0 Å². The summed E-state index contributed by atoms with van der Waals surface area (Å²) in [5, 5.41) is 9.80. The molecule has 2 aliphatic heterocycles. The number of nitrogens with zero attached hydrogens (tertiary/aromatic N) is 5. The second kappa shape index (κ2) is 11.2. The summed E-state index contributed by atoms with van der Waals surface area (Å²) in [5.74, 6) is 1.36. The van der Waals surface area contributed by atoms with E-state index in [1.54, 1.807) is 11.8 Å². The molecular weight excluding hydrogens is 454 g/mol. The van der Waals surface area contributed by atoms with E-state index in [0.29, 0.717) is 5.91 Å². The molecule has 3 aromatic rings. The van der Waals surface area contributed by atoms with Gasteiger partial charge in [0, 0.05) is 56.6 Å². The quantitative estimate of drug-likeness (QED) is 0.510. The highest BCUT2D eigenvalue weighted by Gasteiger charge is 2.30. The summed E-state index contributed by atoms with van der Waals surface area (Å²) in [7, 11) is 0. The maximum atomic E-state index is 13.2. The van der Waals surface area contributed by atoms with E-state index in [-0.39, 0.29) is 5.92 Å². The molecule has 2 aromatic carbocycles. The minimum absolute atomic E-state index is 0.122. The van der Waals surface area contributed by atoms with Crippen LogP contribution in [0.5, 0.6) is 0 Å². The van der Waals surface area contributed by atoms with Gasteiger partial charge in [-0.25, -0.2) is 0 Å². The number of hydrogen-bond acceptors (Lipinski definition) is 6. The summed E-state index contributed by atoms with van der Waals surface area (Å²) in [6.07, 6.45) is 1.76. The van der Waals surface area contributed by atoms with Gasteiger partial charge in [-0.05, 0) is 49.6 Å². The number of aromatic nitrogens is 2. The van der Waals surface area contributed by atoms with Crippen LogP contribution in [-0.2, 0) is 11.3 Å². The van der Waals surface area contributed by atoms with E-state index in [1.165, 1.54) is 11.1 Å². The number of piperazine rings is 1. The lowest BCUT2D eigenvalue weighted by Crippen LogP contribution is -2.51. The Morgan fingerprint density at radius 2 is 1.57 bits per heavy atom. The van der Waals surface area contributed by atoms with Gasteiger partial charge in [0.1, 0.15) is 5.03 Å². The van der Waals surface area contributed by atoms with Crippen molar-refractivity contribution in [2.75, 3.05) is 44.2 Å². The molecule has 3 heterocycles. The molecule has 2 aliphatic rings. The van der Waals surface area contributed by atoms with Crippen LogP contribution in [0.2, 0.25) is 0 Å². The van der Waals surface area contributed by atoms with Crippen molar-refractivity contribution in [2.24, 2.45) is 5.92 Å². The van der Waals surface area contributed by atoms with Crippen LogP contribution in [0, 0.1) is 12.8 Å². The summed E-state index contributed by atoms with van der Waals surface area (Å²) in [6.45, 7) is 8.31. The molecule has 0 radical (unpaired) electrons. The number of benzene rings is 2. The number of carbonyl (C=O) groups is 1. The lowest BCUT2D eigenvalue weighted by molar-refractivity contribution is -0.138. The fourth-order valence-electron chi connectivity index (χ4n) is 4.84. The molecule has 0 aliphatic carbocycles.